The van der Waals surface area contributed by atoms with Crippen LogP contribution in [0.3, 0.4) is 0 Å². The lowest BCUT2D eigenvalue weighted by atomic mass is 10.2. The fraction of sp³-hybridized carbons (Fsp3) is 0.250. The first-order valence-corrected chi connectivity index (χ1v) is 10.2. The maximum absolute atomic E-state index is 13.2. The van der Waals surface area contributed by atoms with Gasteiger partial charge in [0.25, 0.3) is 0 Å². The number of piperidine rings is 1. The van der Waals surface area contributed by atoms with E-state index in [1.54, 1.807) is 30.3 Å². The van der Waals surface area contributed by atoms with E-state index in [9.17, 15) is 17.6 Å². The number of carbonyl (C=O) groups is 1. The molecule has 1 saturated heterocycles. The number of amides is 1. The topological polar surface area (TPSA) is 66.5 Å². The maximum Gasteiger partial charge on any atom is 0.248 e. The minimum Gasteiger partial charge on any atom is -0.321 e. The minimum atomic E-state index is -3.67. The predicted molar refractivity (Wildman–Crippen MR) is 103 cm³/mol. The fourth-order valence-electron chi connectivity index (χ4n) is 3.00. The van der Waals surface area contributed by atoms with Crippen LogP contribution in [0, 0.1) is 5.82 Å². The second kappa shape index (κ2) is 8.45. The highest BCUT2D eigenvalue weighted by Crippen LogP contribution is 2.26. The average Bonchev–Trinajstić information content (AvgIpc) is 2.67. The highest BCUT2D eigenvalue weighted by molar-refractivity contribution is 7.89. The fourth-order valence-corrected chi connectivity index (χ4v) is 4.66. The van der Waals surface area contributed by atoms with Crippen molar-refractivity contribution in [1.82, 2.24) is 4.31 Å². The summed E-state index contributed by atoms with van der Waals surface area (Å²) in [7, 11) is -3.67. The van der Waals surface area contributed by atoms with Gasteiger partial charge in [0.1, 0.15) is 10.7 Å². The number of anilines is 1. The summed E-state index contributed by atoms with van der Waals surface area (Å²) in [6, 6.07) is 12.2. The van der Waals surface area contributed by atoms with Crippen molar-refractivity contribution in [2.24, 2.45) is 0 Å². The Morgan fingerprint density at radius 2 is 1.78 bits per heavy atom. The van der Waals surface area contributed by atoms with Crippen LogP contribution in [0.15, 0.2) is 59.5 Å². The van der Waals surface area contributed by atoms with E-state index in [4.69, 9.17) is 0 Å². The van der Waals surface area contributed by atoms with Gasteiger partial charge in [-0.15, -0.1) is 0 Å². The van der Waals surface area contributed by atoms with Crippen molar-refractivity contribution in [2.45, 2.75) is 24.2 Å². The molecule has 0 atom stereocenters. The summed E-state index contributed by atoms with van der Waals surface area (Å²) < 4.78 is 40.5. The number of nitrogens with one attached hydrogen (secondary N) is 1. The number of hydrogen-bond donors (Lipinski definition) is 1. The third-order valence-corrected chi connectivity index (χ3v) is 6.31. The molecule has 1 amide bonds. The molecule has 1 heterocycles. The van der Waals surface area contributed by atoms with E-state index in [0.717, 1.165) is 19.3 Å². The van der Waals surface area contributed by atoms with Gasteiger partial charge in [-0.1, -0.05) is 30.7 Å². The van der Waals surface area contributed by atoms with Crippen molar-refractivity contribution in [3.05, 3.63) is 66.0 Å². The van der Waals surface area contributed by atoms with Crippen molar-refractivity contribution in [2.75, 3.05) is 18.4 Å². The highest BCUT2D eigenvalue weighted by Gasteiger charge is 2.28. The molecule has 2 aromatic carbocycles. The number of rotatable bonds is 5. The first-order chi connectivity index (χ1) is 13.0. The molecule has 0 radical (unpaired) electrons. The van der Waals surface area contributed by atoms with Crippen LogP contribution < -0.4 is 5.32 Å². The van der Waals surface area contributed by atoms with E-state index in [1.165, 1.54) is 34.7 Å². The van der Waals surface area contributed by atoms with E-state index < -0.39 is 21.7 Å². The molecule has 0 unspecified atom stereocenters. The molecule has 1 aliphatic rings. The summed E-state index contributed by atoms with van der Waals surface area (Å²) >= 11 is 0. The van der Waals surface area contributed by atoms with Crippen molar-refractivity contribution >= 4 is 27.7 Å². The SMILES string of the molecule is O=C(C=Cc1cccc(F)c1)Nc1ccccc1S(=O)(=O)N1CCCCC1. The Hall–Kier alpha value is -2.51. The van der Waals surface area contributed by atoms with Gasteiger partial charge < -0.3 is 5.32 Å². The lowest BCUT2D eigenvalue weighted by molar-refractivity contribution is -0.111. The van der Waals surface area contributed by atoms with Gasteiger partial charge in [0.15, 0.2) is 0 Å². The van der Waals surface area contributed by atoms with Crippen molar-refractivity contribution in [3.8, 4) is 0 Å². The van der Waals surface area contributed by atoms with Crippen molar-refractivity contribution < 1.29 is 17.6 Å². The zero-order valence-electron chi connectivity index (χ0n) is 14.8. The molecule has 1 N–H and O–H groups in total. The van der Waals surface area contributed by atoms with Gasteiger partial charge >= 0.3 is 0 Å². The molecule has 0 bridgehead atoms. The highest BCUT2D eigenvalue weighted by atomic mass is 32.2. The predicted octanol–water partition coefficient (Wildman–Crippen LogP) is 3.65. The molecule has 27 heavy (non-hydrogen) atoms. The van der Waals surface area contributed by atoms with E-state index >= 15 is 0 Å². The van der Waals surface area contributed by atoms with Gasteiger partial charge in [0, 0.05) is 19.2 Å². The van der Waals surface area contributed by atoms with Crippen LogP contribution in [0.5, 0.6) is 0 Å². The molecule has 1 fully saturated rings. The molecule has 3 rings (SSSR count). The third kappa shape index (κ3) is 4.81. The van der Waals surface area contributed by atoms with Crippen LogP contribution >= 0.6 is 0 Å². The zero-order chi connectivity index (χ0) is 19.3. The lowest BCUT2D eigenvalue weighted by Crippen LogP contribution is -2.36. The molecule has 0 saturated carbocycles. The first-order valence-electron chi connectivity index (χ1n) is 8.80. The van der Waals surface area contributed by atoms with E-state index in [2.05, 4.69) is 5.32 Å². The lowest BCUT2D eigenvalue weighted by Gasteiger charge is -2.26. The van der Waals surface area contributed by atoms with E-state index in [1.807, 2.05) is 0 Å². The van der Waals surface area contributed by atoms with Gasteiger partial charge in [-0.2, -0.15) is 4.31 Å². The molecular formula is C20H21FN2O3S. The van der Waals surface area contributed by atoms with E-state index in [0.29, 0.717) is 18.7 Å². The summed E-state index contributed by atoms with van der Waals surface area (Å²) in [5, 5.41) is 2.62. The molecule has 5 nitrogen and oxygen atoms in total. The van der Waals surface area contributed by atoms with Crippen molar-refractivity contribution in [3.63, 3.8) is 0 Å². The third-order valence-electron chi connectivity index (χ3n) is 4.35. The molecule has 142 valence electrons. The van der Waals surface area contributed by atoms with Crippen molar-refractivity contribution in [1.29, 1.82) is 0 Å². The number of hydrogen-bond acceptors (Lipinski definition) is 3. The Bertz CT molecular complexity index is 951. The Morgan fingerprint density at radius 1 is 1.04 bits per heavy atom. The largest absolute Gasteiger partial charge is 0.321 e. The van der Waals surface area contributed by atoms with Crippen LogP contribution in [0.4, 0.5) is 10.1 Å². The average molecular weight is 388 g/mol. The minimum absolute atomic E-state index is 0.0828. The Kier molecular flexibility index (Phi) is 6.03. The number of sulfonamides is 1. The second-order valence-corrected chi connectivity index (χ2v) is 8.24. The van der Waals surface area contributed by atoms with Crippen LogP contribution in [0.25, 0.3) is 6.08 Å². The second-order valence-electron chi connectivity index (χ2n) is 6.34. The number of para-hydroxylation sites is 1. The van der Waals surface area contributed by atoms with Crippen LogP contribution in [-0.2, 0) is 14.8 Å². The van der Waals surface area contributed by atoms with Gasteiger partial charge in [0.05, 0.1) is 5.69 Å². The summed E-state index contributed by atoms with van der Waals surface area (Å²) in [5.41, 5.74) is 0.774. The molecule has 0 spiro atoms. The molecule has 0 aliphatic carbocycles. The Balaban J connectivity index is 1.78. The van der Waals surface area contributed by atoms with Gasteiger partial charge in [-0.25, -0.2) is 12.8 Å². The van der Waals surface area contributed by atoms with Crippen LogP contribution in [-0.4, -0.2) is 31.7 Å². The summed E-state index contributed by atoms with van der Waals surface area (Å²) in [5.74, 6) is -0.879. The van der Waals surface area contributed by atoms with Gasteiger partial charge in [0.2, 0.25) is 15.9 Å². The molecule has 0 aromatic heterocycles. The smallest absolute Gasteiger partial charge is 0.248 e. The zero-order valence-corrected chi connectivity index (χ0v) is 15.6. The molecule has 2 aromatic rings. The first kappa shape index (κ1) is 19.3. The number of benzene rings is 2. The quantitative estimate of drug-likeness (QED) is 0.795. The monoisotopic (exact) mass is 388 g/mol. The van der Waals surface area contributed by atoms with Gasteiger partial charge in [-0.3, -0.25) is 4.79 Å². The van der Waals surface area contributed by atoms with Gasteiger partial charge in [-0.05, 0) is 48.7 Å². The molecule has 7 heteroatoms. The number of nitrogens with zero attached hydrogens (tertiary/aromatic N) is 1. The summed E-state index contributed by atoms with van der Waals surface area (Å²) in [6.45, 7) is 0.980. The van der Waals surface area contributed by atoms with Crippen LogP contribution in [0.2, 0.25) is 0 Å². The Morgan fingerprint density at radius 3 is 2.52 bits per heavy atom. The summed E-state index contributed by atoms with van der Waals surface area (Å²) in [4.78, 5) is 12.3. The number of halogens is 1. The molecular weight excluding hydrogens is 367 g/mol. The molecule has 1 aliphatic heterocycles. The van der Waals surface area contributed by atoms with E-state index in [-0.39, 0.29) is 10.6 Å². The standard InChI is InChI=1S/C20H21FN2O3S/c21-17-8-6-7-16(15-17)11-12-20(24)22-18-9-2-3-10-19(18)27(25,26)23-13-4-1-5-14-23/h2-3,6-12,15H,1,4-5,13-14H2,(H,22,24). The number of carbonyl (C=O) groups excluding carboxylic acids is 1. The van der Waals surface area contributed by atoms with Crippen LogP contribution in [0.1, 0.15) is 24.8 Å². The normalized spacial score (nSPS) is 15.7. The Labute approximate surface area is 158 Å². The maximum atomic E-state index is 13.2. The summed E-state index contributed by atoms with van der Waals surface area (Å²) in [6.07, 6.45) is 5.42.